The Bertz CT molecular complexity index is 387. The molecule has 2 rings (SSSR count). The molecule has 0 atom stereocenters. The van der Waals surface area contributed by atoms with E-state index in [0.29, 0.717) is 26.1 Å². The van der Waals surface area contributed by atoms with Crippen LogP contribution in [0.5, 0.6) is 0 Å². The van der Waals surface area contributed by atoms with Crippen LogP contribution in [0.4, 0.5) is 0 Å². The van der Waals surface area contributed by atoms with Gasteiger partial charge in [0.05, 0.1) is 0 Å². The van der Waals surface area contributed by atoms with E-state index in [1.165, 1.54) is 6.42 Å². The normalized spacial score (nSPS) is 25.1. The van der Waals surface area contributed by atoms with Gasteiger partial charge in [0.25, 0.3) is 0 Å². The van der Waals surface area contributed by atoms with Crippen LogP contribution in [0.25, 0.3) is 0 Å². The van der Waals surface area contributed by atoms with E-state index in [4.69, 9.17) is 5.73 Å². The van der Waals surface area contributed by atoms with Gasteiger partial charge in [0.15, 0.2) is 0 Å². The van der Waals surface area contributed by atoms with Crippen LogP contribution < -0.4 is 11.1 Å². The zero-order valence-corrected chi connectivity index (χ0v) is 12.7. The van der Waals surface area contributed by atoms with Gasteiger partial charge in [-0.1, -0.05) is 19.3 Å². The van der Waals surface area contributed by atoms with Crippen molar-refractivity contribution in [1.29, 1.82) is 0 Å². The summed E-state index contributed by atoms with van der Waals surface area (Å²) in [6.07, 6.45) is 6.13. The summed E-state index contributed by atoms with van der Waals surface area (Å²) in [7, 11) is 0. The van der Waals surface area contributed by atoms with Crippen LogP contribution in [0.3, 0.4) is 0 Å². The summed E-state index contributed by atoms with van der Waals surface area (Å²) < 4.78 is 0. The zero-order chi connectivity index (χ0) is 14.8. The molecule has 0 aromatic carbocycles. The summed E-state index contributed by atoms with van der Waals surface area (Å²) >= 11 is 0. The van der Waals surface area contributed by atoms with Gasteiger partial charge in [-0.25, -0.2) is 0 Å². The number of nitrogens with one attached hydrogen (secondary N) is 1. The highest BCUT2D eigenvalue weighted by atomic mass is 16.2. The fraction of sp³-hybridized carbons (Fsp3) is 0.867. The number of nitrogens with zero attached hydrogens (tertiary/aromatic N) is 1. The Labute approximate surface area is 121 Å². The van der Waals surface area contributed by atoms with E-state index < -0.39 is 5.54 Å². The number of amides is 2. The number of piperazine rings is 1. The van der Waals surface area contributed by atoms with Crippen LogP contribution in [0.15, 0.2) is 0 Å². The molecule has 1 aliphatic carbocycles. The van der Waals surface area contributed by atoms with Crippen LogP contribution >= 0.6 is 0 Å². The van der Waals surface area contributed by atoms with Crippen molar-refractivity contribution in [2.24, 2.45) is 11.1 Å². The molecule has 3 N–H and O–H groups in total. The fourth-order valence-corrected chi connectivity index (χ4v) is 3.51. The van der Waals surface area contributed by atoms with Crippen molar-refractivity contribution >= 4 is 11.8 Å². The molecule has 1 saturated heterocycles. The number of carbonyl (C=O) groups excluding carboxylic acids is 2. The van der Waals surface area contributed by atoms with Crippen molar-refractivity contribution in [3.8, 4) is 0 Å². The second-order valence-electron chi connectivity index (χ2n) is 6.80. The lowest BCUT2D eigenvalue weighted by molar-refractivity contribution is -0.151. The maximum atomic E-state index is 12.7. The number of nitrogens with two attached hydrogens (primary N) is 1. The van der Waals surface area contributed by atoms with E-state index in [0.717, 1.165) is 25.7 Å². The summed E-state index contributed by atoms with van der Waals surface area (Å²) in [4.78, 5) is 26.4. The van der Waals surface area contributed by atoms with E-state index in [1.807, 2.05) is 13.8 Å². The highest BCUT2D eigenvalue weighted by molar-refractivity contribution is 5.92. The van der Waals surface area contributed by atoms with Gasteiger partial charge < -0.3 is 16.0 Å². The first-order valence-corrected chi connectivity index (χ1v) is 7.70. The Morgan fingerprint density at radius 1 is 1.30 bits per heavy atom. The van der Waals surface area contributed by atoms with Gasteiger partial charge in [-0.3, -0.25) is 9.59 Å². The lowest BCUT2D eigenvalue weighted by Crippen LogP contribution is -2.64. The second-order valence-corrected chi connectivity index (χ2v) is 6.80. The molecule has 1 heterocycles. The molecular weight excluding hydrogens is 254 g/mol. The van der Waals surface area contributed by atoms with Gasteiger partial charge in [-0.2, -0.15) is 0 Å². The van der Waals surface area contributed by atoms with Crippen LogP contribution in [0.2, 0.25) is 0 Å². The largest absolute Gasteiger partial charge is 0.352 e. The molecule has 2 amide bonds. The SMILES string of the molecule is CC1(C)C(=O)NCCN1C(=O)CC1(CN)CCCCC1. The fourth-order valence-electron chi connectivity index (χ4n) is 3.51. The Morgan fingerprint density at radius 3 is 2.55 bits per heavy atom. The van der Waals surface area contributed by atoms with E-state index in [2.05, 4.69) is 5.32 Å². The molecular formula is C15H27N3O2. The Hall–Kier alpha value is -1.10. The monoisotopic (exact) mass is 281 g/mol. The minimum atomic E-state index is -0.750. The molecule has 5 heteroatoms. The Morgan fingerprint density at radius 2 is 1.95 bits per heavy atom. The Kier molecular flexibility index (Phi) is 4.37. The molecule has 0 aromatic heterocycles. The predicted molar refractivity (Wildman–Crippen MR) is 78.0 cm³/mol. The summed E-state index contributed by atoms with van der Waals surface area (Å²) in [6.45, 7) is 5.34. The third-order valence-electron chi connectivity index (χ3n) is 5.03. The maximum Gasteiger partial charge on any atom is 0.245 e. The molecule has 2 aliphatic rings. The minimum absolute atomic E-state index is 0.0423. The van der Waals surface area contributed by atoms with Crippen molar-refractivity contribution in [3.63, 3.8) is 0 Å². The van der Waals surface area contributed by atoms with Gasteiger partial charge in [-0.15, -0.1) is 0 Å². The van der Waals surface area contributed by atoms with Crippen molar-refractivity contribution < 1.29 is 9.59 Å². The number of hydrogen-bond donors (Lipinski definition) is 2. The summed E-state index contributed by atoms with van der Waals surface area (Å²) in [5, 5.41) is 2.83. The van der Waals surface area contributed by atoms with E-state index in [1.54, 1.807) is 4.90 Å². The van der Waals surface area contributed by atoms with E-state index in [9.17, 15) is 9.59 Å². The minimum Gasteiger partial charge on any atom is -0.352 e. The van der Waals surface area contributed by atoms with Crippen LogP contribution in [-0.2, 0) is 9.59 Å². The van der Waals surface area contributed by atoms with E-state index >= 15 is 0 Å². The molecule has 1 saturated carbocycles. The Balaban J connectivity index is 2.08. The summed E-state index contributed by atoms with van der Waals surface area (Å²) in [5.74, 6) is 0.0137. The molecule has 0 bridgehead atoms. The number of rotatable bonds is 3. The molecule has 2 fully saturated rings. The smallest absolute Gasteiger partial charge is 0.245 e. The average Bonchev–Trinajstić information content (AvgIpc) is 2.42. The van der Waals surface area contributed by atoms with Crippen molar-refractivity contribution in [2.75, 3.05) is 19.6 Å². The van der Waals surface area contributed by atoms with Gasteiger partial charge in [-0.05, 0) is 38.6 Å². The highest BCUT2D eigenvalue weighted by Crippen LogP contribution is 2.39. The first kappa shape index (κ1) is 15.3. The topological polar surface area (TPSA) is 75.4 Å². The zero-order valence-electron chi connectivity index (χ0n) is 12.7. The highest BCUT2D eigenvalue weighted by Gasteiger charge is 2.43. The van der Waals surface area contributed by atoms with Crippen LogP contribution in [0.1, 0.15) is 52.4 Å². The molecule has 0 spiro atoms. The lowest BCUT2D eigenvalue weighted by Gasteiger charge is -2.44. The quantitative estimate of drug-likeness (QED) is 0.811. The third kappa shape index (κ3) is 2.82. The van der Waals surface area contributed by atoms with Crippen LogP contribution in [-0.4, -0.2) is 41.9 Å². The molecule has 5 nitrogen and oxygen atoms in total. The van der Waals surface area contributed by atoms with Gasteiger partial charge in [0.2, 0.25) is 11.8 Å². The lowest BCUT2D eigenvalue weighted by atomic mass is 9.71. The molecule has 0 radical (unpaired) electrons. The molecule has 114 valence electrons. The van der Waals surface area contributed by atoms with Gasteiger partial charge in [0.1, 0.15) is 5.54 Å². The second kappa shape index (κ2) is 5.72. The van der Waals surface area contributed by atoms with Crippen molar-refractivity contribution in [1.82, 2.24) is 10.2 Å². The third-order valence-corrected chi connectivity index (χ3v) is 5.03. The standard InChI is InChI=1S/C15H27N3O2/c1-14(2)13(20)17-8-9-18(14)12(19)10-15(11-16)6-4-3-5-7-15/h3-11,16H2,1-2H3,(H,17,20). The van der Waals surface area contributed by atoms with Crippen molar-refractivity contribution in [3.05, 3.63) is 0 Å². The van der Waals surface area contributed by atoms with Crippen molar-refractivity contribution in [2.45, 2.75) is 57.9 Å². The molecule has 1 aliphatic heterocycles. The van der Waals surface area contributed by atoms with Gasteiger partial charge >= 0.3 is 0 Å². The van der Waals surface area contributed by atoms with Crippen LogP contribution in [0, 0.1) is 5.41 Å². The molecule has 0 unspecified atom stereocenters. The first-order chi connectivity index (χ1) is 9.41. The predicted octanol–water partition coefficient (Wildman–Crippen LogP) is 1.02. The summed E-state index contributed by atoms with van der Waals surface area (Å²) in [6, 6.07) is 0. The number of carbonyl (C=O) groups is 2. The first-order valence-electron chi connectivity index (χ1n) is 7.70. The molecule has 20 heavy (non-hydrogen) atoms. The number of hydrogen-bond acceptors (Lipinski definition) is 3. The maximum absolute atomic E-state index is 12.7. The van der Waals surface area contributed by atoms with Gasteiger partial charge in [0, 0.05) is 19.5 Å². The average molecular weight is 281 g/mol. The molecule has 0 aromatic rings. The van der Waals surface area contributed by atoms with E-state index in [-0.39, 0.29) is 17.2 Å². The summed E-state index contributed by atoms with van der Waals surface area (Å²) in [5.41, 5.74) is 5.17.